The number of hydrogen-bond acceptors (Lipinski definition) is 7. The largest absolute Gasteiger partial charge is 0.344 e. The monoisotopic (exact) mass is 374 g/mol. The average molecular weight is 374 g/mol. The molecular formula is C17H19FN6OS. The molecule has 1 fully saturated rings. The van der Waals surface area contributed by atoms with E-state index in [1.807, 2.05) is 30.3 Å². The summed E-state index contributed by atoms with van der Waals surface area (Å²) in [6.45, 7) is 0.222. The Bertz CT molecular complexity index is 816. The summed E-state index contributed by atoms with van der Waals surface area (Å²) in [6.07, 6.45) is 3.10. The third kappa shape index (κ3) is 4.48. The number of aromatic nitrogens is 2. The molecule has 0 radical (unpaired) electrons. The summed E-state index contributed by atoms with van der Waals surface area (Å²) in [6, 6.07) is 9.66. The van der Waals surface area contributed by atoms with Crippen molar-refractivity contribution in [1.82, 2.24) is 15.5 Å². The number of rotatable bonds is 7. The molecule has 3 N–H and O–H groups in total. The van der Waals surface area contributed by atoms with Gasteiger partial charge in [-0.05, 0) is 19.3 Å². The van der Waals surface area contributed by atoms with E-state index in [9.17, 15) is 9.18 Å². The molecule has 1 saturated carbocycles. The van der Waals surface area contributed by atoms with E-state index in [1.165, 1.54) is 17.6 Å². The van der Waals surface area contributed by atoms with Gasteiger partial charge in [-0.1, -0.05) is 41.7 Å². The molecule has 1 aromatic carbocycles. The second kappa shape index (κ2) is 8.13. The molecule has 3 rings (SSSR count). The van der Waals surface area contributed by atoms with Gasteiger partial charge in [0, 0.05) is 5.56 Å². The van der Waals surface area contributed by atoms with E-state index in [1.54, 1.807) is 0 Å². The first-order valence-electron chi connectivity index (χ1n) is 8.22. The van der Waals surface area contributed by atoms with Gasteiger partial charge in [0.25, 0.3) is 5.91 Å². The number of nitrogens with one attached hydrogen (secondary N) is 1. The van der Waals surface area contributed by atoms with Gasteiger partial charge in [-0.3, -0.25) is 9.79 Å². The number of carbonyl (C=O) groups is 1. The number of carbonyl (C=O) groups excluding carboxylic acids is 1. The molecule has 2 aromatic rings. The zero-order valence-electron chi connectivity index (χ0n) is 14.1. The van der Waals surface area contributed by atoms with Crippen molar-refractivity contribution in [2.24, 2.45) is 15.9 Å². The molecule has 0 unspecified atom stereocenters. The SMILES string of the molecule is N/N=C(\C=NCC1(F)CCC1)C(=O)NCc1nnc(-c2ccccc2)s1. The lowest BCUT2D eigenvalue weighted by molar-refractivity contribution is -0.114. The second-order valence-corrected chi connectivity index (χ2v) is 7.10. The fourth-order valence-electron chi connectivity index (χ4n) is 2.43. The quantitative estimate of drug-likeness (QED) is 0.440. The third-order valence-corrected chi connectivity index (χ3v) is 5.07. The topological polar surface area (TPSA) is 106 Å². The summed E-state index contributed by atoms with van der Waals surface area (Å²) in [5, 5.41) is 15.7. The second-order valence-electron chi connectivity index (χ2n) is 6.04. The number of nitrogens with zero attached hydrogens (tertiary/aromatic N) is 4. The number of halogens is 1. The predicted octanol–water partition coefficient (Wildman–Crippen LogP) is 2.10. The van der Waals surface area contributed by atoms with Crippen molar-refractivity contribution in [2.75, 3.05) is 6.54 Å². The van der Waals surface area contributed by atoms with Crippen LogP contribution in [-0.4, -0.2) is 40.2 Å². The summed E-state index contributed by atoms with van der Waals surface area (Å²) in [7, 11) is 0. The molecule has 136 valence electrons. The lowest BCUT2D eigenvalue weighted by Gasteiger charge is -2.31. The number of hydrogen-bond donors (Lipinski definition) is 2. The van der Waals surface area contributed by atoms with Crippen molar-refractivity contribution in [3.05, 3.63) is 35.3 Å². The molecule has 26 heavy (non-hydrogen) atoms. The van der Waals surface area contributed by atoms with Gasteiger partial charge in [0.05, 0.1) is 19.3 Å². The number of hydrazone groups is 1. The Kier molecular flexibility index (Phi) is 5.67. The Morgan fingerprint density at radius 3 is 2.77 bits per heavy atom. The highest BCUT2D eigenvalue weighted by Crippen LogP contribution is 2.35. The molecule has 9 heteroatoms. The predicted molar refractivity (Wildman–Crippen MR) is 99.9 cm³/mol. The standard InChI is InChI=1S/C17H19FN6OS/c18-17(7-4-8-17)11-20-9-13(22-19)15(25)21-10-14-23-24-16(26-14)12-5-2-1-3-6-12/h1-3,5-6,9H,4,7-8,10-11,19H2,(H,21,25)/b20-9?,22-13+. The summed E-state index contributed by atoms with van der Waals surface area (Å²) < 4.78 is 13.9. The summed E-state index contributed by atoms with van der Waals surface area (Å²) >= 11 is 1.39. The minimum absolute atomic E-state index is 0.0239. The molecule has 1 amide bonds. The highest BCUT2D eigenvalue weighted by Gasteiger charge is 2.36. The van der Waals surface area contributed by atoms with Gasteiger partial charge in [-0.15, -0.1) is 10.2 Å². The zero-order chi connectivity index (χ0) is 18.4. The molecule has 0 bridgehead atoms. The maximum Gasteiger partial charge on any atom is 0.273 e. The Hall–Kier alpha value is -2.68. The van der Waals surface area contributed by atoms with Gasteiger partial charge >= 0.3 is 0 Å². The van der Waals surface area contributed by atoms with Crippen molar-refractivity contribution >= 4 is 29.2 Å². The summed E-state index contributed by atoms with van der Waals surface area (Å²) in [4.78, 5) is 16.1. The fraction of sp³-hybridized carbons (Fsp3) is 0.353. The van der Waals surface area contributed by atoms with Crippen LogP contribution in [0.1, 0.15) is 24.3 Å². The van der Waals surface area contributed by atoms with E-state index >= 15 is 0 Å². The number of nitrogens with two attached hydrogens (primary N) is 1. The van der Waals surface area contributed by atoms with E-state index in [0.29, 0.717) is 17.8 Å². The molecule has 1 aliphatic rings. The molecular weight excluding hydrogens is 355 g/mol. The van der Waals surface area contributed by atoms with E-state index in [0.717, 1.165) is 17.0 Å². The molecule has 0 spiro atoms. The van der Waals surface area contributed by atoms with Crippen LogP contribution in [0.4, 0.5) is 4.39 Å². The van der Waals surface area contributed by atoms with Crippen LogP contribution in [0.15, 0.2) is 40.4 Å². The molecule has 7 nitrogen and oxygen atoms in total. The fourth-order valence-corrected chi connectivity index (χ4v) is 3.22. The van der Waals surface area contributed by atoms with E-state index in [4.69, 9.17) is 5.84 Å². The van der Waals surface area contributed by atoms with Crippen LogP contribution >= 0.6 is 11.3 Å². The van der Waals surface area contributed by atoms with Crippen LogP contribution < -0.4 is 11.2 Å². The van der Waals surface area contributed by atoms with Gasteiger partial charge in [0.1, 0.15) is 15.7 Å². The molecule has 1 aliphatic carbocycles. The van der Waals surface area contributed by atoms with E-state index < -0.39 is 11.6 Å². The minimum atomic E-state index is -1.24. The van der Waals surface area contributed by atoms with Crippen LogP contribution in [0.3, 0.4) is 0 Å². The Labute approximate surface area is 154 Å². The molecule has 0 saturated heterocycles. The highest BCUT2D eigenvalue weighted by atomic mass is 32.1. The van der Waals surface area contributed by atoms with Crippen LogP contribution in [0.2, 0.25) is 0 Å². The third-order valence-electron chi connectivity index (χ3n) is 4.10. The Morgan fingerprint density at radius 1 is 1.35 bits per heavy atom. The van der Waals surface area contributed by atoms with Crippen LogP contribution in [-0.2, 0) is 11.3 Å². The van der Waals surface area contributed by atoms with Gasteiger partial charge in [0.2, 0.25) is 0 Å². The normalized spacial score (nSPS) is 16.4. The van der Waals surface area contributed by atoms with Crippen molar-refractivity contribution in [2.45, 2.75) is 31.5 Å². The first-order valence-corrected chi connectivity index (χ1v) is 9.04. The molecule has 1 heterocycles. The van der Waals surface area contributed by atoms with Crippen molar-refractivity contribution < 1.29 is 9.18 Å². The van der Waals surface area contributed by atoms with Crippen LogP contribution in [0.5, 0.6) is 0 Å². The summed E-state index contributed by atoms with van der Waals surface area (Å²) in [5.41, 5.74) is -0.330. The van der Waals surface area contributed by atoms with Gasteiger partial charge < -0.3 is 11.2 Å². The van der Waals surface area contributed by atoms with E-state index in [2.05, 4.69) is 25.6 Å². The molecule has 0 aliphatic heterocycles. The van der Waals surface area contributed by atoms with E-state index in [-0.39, 0.29) is 18.8 Å². The zero-order valence-corrected chi connectivity index (χ0v) is 14.9. The molecule has 1 aromatic heterocycles. The van der Waals surface area contributed by atoms with Gasteiger partial charge in [0.15, 0.2) is 5.71 Å². The number of aliphatic imine (C=N–C) groups is 1. The summed E-state index contributed by atoms with van der Waals surface area (Å²) in [5.74, 6) is 4.74. The first-order chi connectivity index (χ1) is 12.6. The lowest BCUT2D eigenvalue weighted by atomic mass is 9.82. The number of benzene rings is 1. The van der Waals surface area contributed by atoms with Crippen LogP contribution in [0.25, 0.3) is 10.6 Å². The van der Waals surface area contributed by atoms with Crippen molar-refractivity contribution in [1.29, 1.82) is 0 Å². The first kappa shape index (κ1) is 18.1. The van der Waals surface area contributed by atoms with Gasteiger partial charge in [-0.2, -0.15) is 5.10 Å². The Morgan fingerprint density at radius 2 is 2.12 bits per heavy atom. The van der Waals surface area contributed by atoms with Crippen molar-refractivity contribution in [3.8, 4) is 10.6 Å². The van der Waals surface area contributed by atoms with Crippen LogP contribution in [0, 0.1) is 0 Å². The molecule has 0 atom stereocenters. The van der Waals surface area contributed by atoms with Crippen molar-refractivity contribution in [3.63, 3.8) is 0 Å². The smallest absolute Gasteiger partial charge is 0.273 e. The maximum absolute atomic E-state index is 13.9. The highest BCUT2D eigenvalue weighted by molar-refractivity contribution is 7.14. The maximum atomic E-state index is 13.9. The van der Waals surface area contributed by atoms with Gasteiger partial charge in [-0.25, -0.2) is 4.39 Å². The minimum Gasteiger partial charge on any atom is -0.344 e. The number of alkyl halides is 1. The average Bonchev–Trinajstić information content (AvgIpc) is 3.11. The Balaban J connectivity index is 1.52. The number of amides is 1. The lowest BCUT2D eigenvalue weighted by Crippen LogP contribution is -2.36.